The highest BCUT2D eigenvalue weighted by Crippen LogP contribution is 2.58. The van der Waals surface area contributed by atoms with E-state index < -0.39 is 0 Å². The molecule has 4 heteroatoms. The molecule has 2 unspecified atom stereocenters. The van der Waals surface area contributed by atoms with Crippen molar-refractivity contribution >= 4 is 0 Å². The third-order valence-corrected chi connectivity index (χ3v) is 4.55. The number of halogens is 1. The van der Waals surface area contributed by atoms with Crippen molar-refractivity contribution in [3.05, 3.63) is 17.2 Å². The first-order valence-electron chi connectivity index (χ1n) is 6.43. The van der Waals surface area contributed by atoms with Gasteiger partial charge in [-0.05, 0) is 32.6 Å². The van der Waals surface area contributed by atoms with Crippen molar-refractivity contribution in [2.45, 2.75) is 32.7 Å². The lowest BCUT2D eigenvalue weighted by Gasteiger charge is -2.23. The minimum atomic E-state index is -0.0806. The van der Waals surface area contributed by atoms with Crippen LogP contribution >= 0.6 is 0 Å². The van der Waals surface area contributed by atoms with E-state index in [-0.39, 0.29) is 5.82 Å². The largest absolute Gasteiger partial charge is 0.300 e. The number of hydrogen-bond donors (Lipinski definition) is 0. The van der Waals surface area contributed by atoms with Gasteiger partial charge in [-0.1, -0.05) is 0 Å². The Kier molecular flexibility index (Phi) is 2.34. The highest BCUT2D eigenvalue weighted by atomic mass is 19.1. The zero-order valence-corrected chi connectivity index (χ0v) is 10.9. The fraction of sp³-hybridized carbons (Fsp3) is 0.769. The Morgan fingerprint density at radius 3 is 2.29 bits per heavy atom. The quantitative estimate of drug-likeness (QED) is 0.783. The zero-order chi connectivity index (χ0) is 12.3. The third kappa shape index (κ3) is 1.53. The van der Waals surface area contributed by atoms with E-state index in [2.05, 4.69) is 23.8 Å². The summed E-state index contributed by atoms with van der Waals surface area (Å²) in [4.78, 5) is 2.49. The van der Waals surface area contributed by atoms with Crippen LogP contribution in [-0.2, 0) is 7.05 Å². The minimum absolute atomic E-state index is 0.0806. The Morgan fingerprint density at radius 2 is 1.88 bits per heavy atom. The summed E-state index contributed by atoms with van der Waals surface area (Å²) in [5, 5.41) is 4.35. The second-order valence-electron chi connectivity index (χ2n) is 5.81. The fourth-order valence-corrected chi connectivity index (χ4v) is 3.21. The molecule has 0 spiro atoms. The van der Waals surface area contributed by atoms with Crippen LogP contribution in [0, 0.1) is 24.6 Å². The number of nitrogens with zero attached hydrogens (tertiary/aromatic N) is 3. The molecule has 0 amide bonds. The number of hydrogen-bond acceptors (Lipinski definition) is 2. The van der Waals surface area contributed by atoms with Crippen LogP contribution in [-0.4, -0.2) is 33.8 Å². The molecule has 0 aromatic carbocycles. The lowest BCUT2D eigenvalue weighted by Crippen LogP contribution is -2.31. The molecule has 1 aliphatic carbocycles. The van der Waals surface area contributed by atoms with Gasteiger partial charge in [0.25, 0.3) is 0 Å². The van der Waals surface area contributed by atoms with Crippen molar-refractivity contribution in [2.24, 2.45) is 18.9 Å². The first kappa shape index (κ1) is 11.2. The fourth-order valence-electron chi connectivity index (χ4n) is 3.21. The Hall–Kier alpha value is -0.900. The van der Waals surface area contributed by atoms with Crippen LogP contribution in [0.2, 0.25) is 0 Å². The molecule has 94 valence electrons. The van der Waals surface area contributed by atoms with Gasteiger partial charge in [-0.2, -0.15) is 5.10 Å². The van der Waals surface area contributed by atoms with Gasteiger partial charge in [0, 0.05) is 32.1 Å². The molecule has 1 saturated carbocycles. The van der Waals surface area contributed by atoms with Crippen molar-refractivity contribution in [3.8, 4) is 0 Å². The minimum Gasteiger partial charge on any atom is -0.300 e. The van der Waals surface area contributed by atoms with E-state index in [1.807, 2.05) is 7.05 Å². The number of aromatic nitrogens is 2. The number of rotatable bonds is 2. The molecule has 2 heterocycles. The first-order valence-corrected chi connectivity index (χ1v) is 6.43. The van der Waals surface area contributed by atoms with E-state index in [0.717, 1.165) is 13.1 Å². The van der Waals surface area contributed by atoms with Gasteiger partial charge in [-0.3, -0.25) is 4.68 Å². The van der Waals surface area contributed by atoms with Crippen molar-refractivity contribution in [1.29, 1.82) is 0 Å². The van der Waals surface area contributed by atoms with Gasteiger partial charge in [-0.25, -0.2) is 4.39 Å². The molecular formula is C13H20FN3. The maximum Gasteiger partial charge on any atom is 0.167 e. The Bertz CT molecular complexity index is 440. The Labute approximate surface area is 102 Å². The molecule has 1 aromatic rings. The summed E-state index contributed by atoms with van der Waals surface area (Å²) in [6, 6.07) is 0.610. The predicted molar refractivity (Wildman–Crippen MR) is 64.3 cm³/mol. The van der Waals surface area contributed by atoms with E-state index >= 15 is 0 Å². The molecule has 0 radical (unpaired) electrons. The summed E-state index contributed by atoms with van der Waals surface area (Å²) in [5.74, 6) is 1.58. The van der Waals surface area contributed by atoms with Gasteiger partial charge >= 0.3 is 0 Å². The monoisotopic (exact) mass is 237 g/mol. The van der Waals surface area contributed by atoms with Crippen LogP contribution in [0.25, 0.3) is 0 Å². The van der Waals surface area contributed by atoms with E-state index in [1.54, 1.807) is 11.6 Å². The lowest BCUT2D eigenvalue weighted by molar-refractivity contribution is 0.242. The topological polar surface area (TPSA) is 21.1 Å². The van der Waals surface area contributed by atoms with Crippen LogP contribution in [0.3, 0.4) is 0 Å². The van der Waals surface area contributed by atoms with Gasteiger partial charge in [0.1, 0.15) is 5.69 Å². The highest BCUT2D eigenvalue weighted by molar-refractivity contribution is 5.28. The van der Waals surface area contributed by atoms with Crippen LogP contribution in [0.1, 0.15) is 31.2 Å². The summed E-state index contributed by atoms with van der Waals surface area (Å²) in [5.41, 5.74) is 1.37. The molecule has 1 aromatic heterocycles. The maximum absolute atomic E-state index is 14.0. The summed E-state index contributed by atoms with van der Waals surface area (Å²) >= 11 is 0. The maximum atomic E-state index is 14.0. The van der Waals surface area contributed by atoms with E-state index in [1.165, 1.54) is 0 Å². The molecule has 2 atom stereocenters. The summed E-state index contributed by atoms with van der Waals surface area (Å²) in [6.45, 7) is 8.48. The van der Waals surface area contributed by atoms with Crippen LogP contribution in [0.5, 0.6) is 0 Å². The normalized spacial score (nSPS) is 32.2. The van der Waals surface area contributed by atoms with E-state index in [4.69, 9.17) is 0 Å². The third-order valence-electron chi connectivity index (χ3n) is 4.55. The summed E-state index contributed by atoms with van der Waals surface area (Å²) < 4.78 is 15.6. The molecule has 0 bridgehead atoms. The number of aryl methyl sites for hydroxylation is 1. The van der Waals surface area contributed by atoms with Gasteiger partial charge in [-0.15, -0.1) is 0 Å². The molecule has 3 nitrogen and oxygen atoms in total. The molecule has 2 aliphatic rings. The molecule has 2 fully saturated rings. The van der Waals surface area contributed by atoms with Gasteiger partial charge in [0.15, 0.2) is 5.82 Å². The van der Waals surface area contributed by atoms with Crippen molar-refractivity contribution in [3.63, 3.8) is 0 Å². The average Bonchev–Trinajstić information content (AvgIpc) is 2.66. The molecule has 0 N–H and O–H groups in total. The number of likely N-dealkylation sites (tertiary alicyclic amines) is 1. The van der Waals surface area contributed by atoms with Crippen LogP contribution in [0.4, 0.5) is 4.39 Å². The van der Waals surface area contributed by atoms with Crippen molar-refractivity contribution in [2.75, 3.05) is 13.1 Å². The van der Waals surface area contributed by atoms with Gasteiger partial charge < -0.3 is 4.90 Å². The zero-order valence-electron chi connectivity index (χ0n) is 10.9. The average molecular weight is 237 g/mol. The molecule has 1 saturated heterocycles. The molecular weight excluding hydrogens is 217 g/mol. The Morgan fingerprint density at radius 1 is 1.29 bits per heavy atom. The first-order chi connectivity index (χ1) is 8.00. The summed E-state index contributed by atoms with van der Waals surface area (Å²) in [7, 11) is 1.82. The predicted octanol–water partition coefficient (Wildman–Crippen LogP) is 1.92. The van der Waals surface area contributed by atoms with Crippen molar-refractivity contribution in [1.82, 2.24) is 14.7 Å². The van der Waals surface area contributed by atoms with Crippen LogP contribution < -0.4 is 0 Å². The SMILES string of the molecule is Cc1c(F)c(C2C3CN(C(C)C)CC32)nn1C. The van der Waals surface area contributed by atoms with E-state index in [0.29, 0.717) is 35.2 Å². The number of piperidine rings is 1. The van der Waals surface area contributed by atoms with Crippen molar-refractivity contribution < 1.29 is 4.39 Å². The standard InChI is InChI=1S/C13H20FN3/c1-7(2)17-5-9-10(6-17)11(9)13-12(14)8(3)16(4)15-13/h7,9-11H,5-6H2,1-4H3. The smallest absolute Gasteiger partial charge is 0.167 e. The summed E-state index contributed by atoms with van der Waals surface area (Å²) in [6.07, 6.45) is 0. The van der Waals surface area contributed by atoms with Crippen LogP contribution in [0.15, 0.2) is 0 Å². The molecule has 3 rings (SSSR count). The highest BCUT2D eigenvalue weighted by Gasteiger charge is 2.58. The molecule has 1 aliphatic heterocycles. The van der Waals surface area contributed by atoms with Gasteiger partial charge in [0.2, 0.25) is 0 Å². The lowest BCUT2D eigenvalue weighted by atomic mass is 10.1. The molecule has 17 heavy (non-hydrogen) atoms. The second kappa shape index (κ2) is 3.55. The number of fused-ring (bicyclic) bond motifs is 1. The van der Waals surface area contributed by atoms with Gasteiger partial charge in [0.05, 0.1) is 5.69 Å². The second-order valence-corrected chi connectivity index (χ2v) is 5.81. The Balaban J connectivity index is 1.77. The van der Waals surface area contributed by atoms with E-state index in [9.17, 15) is 4.39 Å².